The fraction of sp³-hybridized carbons (Fsp3) is 0.830. The number of aliphatic hydroxyl groups is 3. The first-order chi connectivity index (χ1) is 32.1. The predicted octanol–water partition coefficient (Wildman–Crippen LogP) is 12.3. The maximum Gasteiger partial charge on any atom is 0.397 e. The quantitative estimate of drug-likeness (QED) is 0.0197. The van der Waals surface area contributed by atoms with Crippen LogP contribution in [0.4, 0.5) is 0 Å². The van der Waals surface area contributed by atoms with Crippen LogP contribution in [0, 0.1) is 0 Å². The monoisotopic (exact) mass is 957 g/mol. The van der Waals surface area contributed by atoms with Gasteiger partial charge < -0.3 is 34.3 Å². The zero-order chi connectivity index (χ0) is 48.2. The summed E-state index contributed by atoms with van der Waals surface area (Å²) in [4.78, 5) is 12.8. The third-order valence-electron chi connectivity index (χ3n) is 12.0. The van der Waals surface area contributed by atoms with Gasteiger partial charge in [-0.25, -0.2) is 4.18 Å². The molecule has 1 fully saturated rings. The summed E-state index contributed by atoms with van der Waals surface area (Å²) in [5.74, 6) is -0.476. The van der Waals surface area contributed by atoms with Gasteiger partial charge in [-0.3, -0.25) is 9.35 Å². The van der Waals surface area contributed by atoms with Crippen LogP contribution in [0.1, 0.15) is 219 Å². The van der Waals surface area contributed by atoms with E-state index in [4.69, 9.17) is 18.9 Å². The molecule has 6 unspecified atom stereocenters. The third-order valence-corrected chi connectivity index (χ3v) is 12.4. The molecule has 1 rings (SSSR count). The molecule has 1 heterocycles. The molecule has 0 spiro atoms. The normalized spacial score (nSPS) is 19.9. The number of unbranched alkanes of at least 4 members (excludes halogenated alkanes) is 25. The van der Waals surface area contributed by atoms with Gasteiger partial charge in [-0.2, -0.15) is 8.42 Å². The van der Waals surface area contributed by atoms with Crippen molar-refractivity contribution in [3.05, 3.63) is 48.6 Å². The lowest BCUT2D eigenvalue weighted by Gasteiger charge is -2.41. The molecule has 1 aliphatic rings. The van der Waals surface area contributed by atoms with Crippen LogP contribution >= 0.6 is 0 Å². The molecule has 0 saturated carbocycles. The van der Waals surface area contributed by atoms with Crippen molar-refractivity contribution in [2.45, 2.75) is 256 Å². The Bertz CT molecular complexity index is 1340. The maximum atomic E-state index is 12.8. The Kier molecular flexibility index (Phi) is 41.6. The van der Waals surface area contributed by atoms with E-state index in [9.17, 15) is 33.1 Å². The number of rotatable bonds is 46. The summed E-state index contributed by atoms with van der Waals surface area (Å²) in [6.45, 7) is 3.81. The van der Waals surface area contributed by atoms with Crippen LogP contribution in [0.25, 0.3) is 0 Å². The van der Waals surface area contributed by atoms with Crippen molar-refractivity contribution in [1.29, 1.82) is 0 Å². The molecule has 6 atom stereocenters. The SMILES string of the molecule is CC/C=C\C/C=C\C/C=C\C/C=C\CCC(=O)OC(COCCCCCCCCCCCCCCCCCCCCCCCCCCCC)COC1OC(CO)C(O)C(OS(=O)(=O)O)C1O. The molecule has 0 bridgehead atoms. The Hall–Kier alpha value is -1.94. The molecular formula is C53H96O12S. The number of hydrogen-bond donors (Lipinski definition) is 4. The van der Waals surface area contributed by atoms with Crippen molar-refractivity contribution in [2.75, 3.05) is 26.4 Å². The van der Waals surface area contributed by atoms with Crippen molar-refractivity contribution < 1.29 is 56.2 Å². The van der Waals surface area contributed by atoms with Gasteiger partial charge in [0, 0.05) is 13.0 Å². The largest absolute Gasteiger partial charge is 0.457 e. The van der Waals surface area contributed by atoms with Gasteiger partial charge in [0.2, 0.25) is 0 Å². The second kappa shape index (κ2) is 44.3. The minimum Gasteiger partial charge on any atom is -0.457 e. The van der Waals surface area contributed by atoms with E-state index in [2.05, 4.69) is 54.5 Å². The average molecular weight is 957 g/mol. The highest BCUT2D eigenvalue weighted by Gasteiger charge is 2.48. The van der Waals surface area contributed by atoms with Gasteiger partial charge in [0.05, 0.1) is 19.8 Å². The van der Waals surface area contributed by atoms with Crippen LogP contribution in [0.2, 0.25) is 0 Å². The van der Waals surface area contributed by atoms with Gasteiger partial charge in [0.1, 0.15) is 30.5 Å². The van der Waals surface area contributed by atoms with E-state index in [0.717, 1.165) is 44.9 Å². The van der Waals surface area contributed by atoms with E-state index in [1.807, 2.05) is 12.2 Å². The second-order valence-corrected chi connectivity index (χ2v) is 19.1. The van der Waals surface area contributed by atoms with Crippen LogP contribution in [0.3, 0.4) is 0 Å². The van der Waals surface area contributed by atoms with E-state index in [-0.39, 0.29) is 19.6 Å². The lowest BCUT2D eigenvalue weighted by molar-refractivity contribution is -0.301. The lowest BCUT2D eigenvalue weighted by Crippen LogP contribution is -2.60. The average Bonchev–Trinajstić information content (AvgIpc) is 3.29. The minimum absolute atomic E-state index is 0.00890. The van der Waals surface area contributed by atoms with E-state index in [1.54, 1.807) is 0 Å². The third kappa shape index (κ3) is 37.0. The smallest absolute Gasteiger partial charge is 0.397 e. The summed E-state index contributed by atoms with van der Waals surface area (Å²) in [7, 11) is -5.07. The molecule has 0 aromatic rings. The van der Waals surface area contributed by atoms with Crippen molar-refractivity contribution in [3.8, 4) is 0 Å². The number of hydrogen-bond acceptors (Lipinski definition) is 11. The Morgan fingerprint density at radius 1 is 0.591 bits per heavy atom. The van der Waals surface area contributed by atoms with Gasteiger partial charge in [-0.05, 0) is 38.5 Å². The molecule has 12 nitrogen and oxygen atoms in total. The van der Waals surface area contributed by atoms with E-state index < -0.39 is 59.8 Å². The number of allylic oxidation sites excluding steroid dienone is 8. The zero-order valence-electron chi connectivity index (χ0n) is 41.5. The molecular weight excluding hydrogens is 861 g/mol. The lowest BCUT2D eigenvalue weighted by atomic mass is 9.99. The number of aliphatic hydroxyl groups excluding tert-OH is 3. The van der Waals surface area contributed by atoms with Crippen molar-refractivity contribution >= 4 is 16.4 Å². The molecule has 0 aromatic heterocycles. The number of carbonyl (C=O) groups excluding carboxylic acids is 1. The maximum absolute atomic E-state index is 12.8. The molecule has 0 aromatic carbocycles. The van der Waals surface area contributed by atoms with Gasteiger partial charge in [-0.1, -0.05) is 223 Å². The summed E-state index contributed by atoms with van der Waals surface area (Å²) >= 11 is 0. The standard InChI is InChI=1S/C53H96O12S/c1-3-5-7-9-11-13-15-17-18-19-20-21-22-23-24-25-26-27-28-29-31-33-35-37-39-41-43-61-45-47(46-62-53-51(57)52(65-66(58,59)60)50(56)48(44-54)64-53)63-49(55)42-40-38-36-34-32-30-16-14-12-10-8-6-4-2/h6,8,12,14,30,32,36,38,47-48,50-54,56-57H,3-5,7,9-11,13,15-29,31,33-35,37,39-46H2,1-2H3,(H,58,59,60)/b8-6-,14-12-,32-30-,38-36-. The molecule has 0 aliphatic carbocycles. The van der Waals surface area contributed by atoms with Gasteiger partial charge in [-0.15, -0.1) is 0 Å². The Labute approximate surface area is 402 Å². The number of carbonyl (C=O) groups is 1. The van der Waals surface area contributed by atoms with E-state index in [0.29, 0.717) is 13.0 Å². The molecule has 1 aliphatic heterocycles. The van der Waals surface area contributed by atoms with Gasteiger partial charge in [0.25, 0.3) is 0 Å². The fourth-order valence-electron chi connectivity index (χ4n) is 8.04. The number of esters is 1. The molecule has 386 valence electrons. The van der Waals surface area contributed by atoms with E-state index in [1.165, 1.54) is 148 Å². The Morgan fingerprint density at radius 2 is 1.02 bits per heavy atom. The fourth-order valence-corrected chi connectivity index (χ4v) is 8.55. The second-order valence-electron chi connectivity index (χ2n) is 18.1. The molecule has 13 heteroatoms. The molecule has 0 radical (unpaired) electrons. The van der Waals surface area contributed by atoms with Crippen LogP contribution < -0.4 is 0 Å². The van der Waals surface area contributed by atoms with Crippen LogP contribution in [-0.2, 0) is 38.3 Å². The first kappa shape index (κ1) is 62.1. The summed E-state index contributed by atoms with van der Waals surface area (Å²) in [6, 6.07) is 0. The number of ether oxygens (including phenoxy) is 4. The van der Waals surface area contributed by atoms with Crippen LogP contribution in [0.15, 0.2) is 48.6 Å². The molecule has 4 N–H and O–H groups in total. The van der Waals surface area contributed by atoms with Gasteiger partial charge in [0.15, 0.2) is 6.29 Å². The summed E-state index contributed by atoms with van der Waals surface area (Å²) < 4.78 is 59.1. The summed E-state index contributed by atoms with van der Waals surface area (Å²) in [6.07, 6.45) is 46.2. The topological polar surface area (TPSA) is 178 Å². The zero-order valence-corrected chi connectivity index (χ0v) is 42.3. The Morgan fingerprint density at radius 3 is 1.44 bits per heavy atom. The van der Waals surface area contributed by atoms with Crippen molar-refractivity contribution in [3.63, 3.8) is 0 Å². The molecule has 1 saturated heterocycles. The highest BCUT2D eigenvalue weighted by atomic mass is 32.3. The molecule has 66 heavy (non-hydrogen) atoms. The first-order valence-electron chi connectivity index (χ1n) is 26.4. The molecule has 0 amide bonds. The minimum atomic E-state index is -5.07. The summed E-state index contributed by atoms with van der Waals surface area (Å²) in [5, 5.41) is 30.7. The van der Waals surface area contributed by atoms with E-state index >= 15 is 0 Å². The van der Waals surface area contributed by atoms with Crippen molar-refractivity contribution in [2.24, 2.45) is 0 Å². The Balaban J connectivity index is 2.29. The summed E-state index contributed by atoms with van der Waals surface area (Å²) in [5.41, 5.74) is 0. The van der Waals surface area contributed by atoms with Crippen molar-refractivity contribution in [1.82, 2.24) is 0 Å². The highest BCUT2D eigenvalue weighted by Crippen LogP contribution is 2.26. The highest BCUT2D eigenvalue weighted by molar-refractivity contribution is 7.80. The van der Waals surface area contributed by atoms with Gasteiger partial charge >= 0.3 is 16.4 Å². The van der Waals surface area contributed by atoms with Crippen LogP contribution in [0.5, 0.6) is 0 Å². The first-order valence-corrected chi connectivity index (χ1v) is 27.8. The van der Waals surface area contributed by atoms with Crippen LogP contribution in [-0.4, -0.2) is 97.5 Å². The predicted molar refractivity (Wildman–Crippen MR) is 266 cm³/mol.